The van der Waals surface area contributed by atoms with E-state index in [0.29, 0.717) is 10.6 Å². The van der Waals surface area contributed by atoms with Crippen molar-refractivity contribution in [3.63, 3.8) is 0 Å². The molecule has 1 unspecified atom stereocenters. The van der Waals surface area contributed by atoms with Gasteiger partial charge in [0.15, 0.2) is 0 Å². The van der Waals surface area contributed by atoms with E-state index in [2.05, 4.69) is 6.92 Å². The van der Waals surface area contributed by atoms with Gasteiger partial charge in [0, 0.05) is 13.1 Å². The van der Waals surface area contributed by atoms with Gasteiger partial charge in [0.1, 0.15) is 5.75 Å². The summed E-state index contributed by atoms with van der Waals surface area (Å²) in [4.78, 5) is 14.4. The molecule has 0 saturated carbocycles. The third-order valence-corrected chi connectivity index (χ3v) is 4.34. The predicted octanol–water partition coefficient (Wildman–Crippen LogP) is 4.09. The van der Waals surface area contributed by atoms with E-state index in [1.54, 1.807) is 6.07 Å². The molecule has 0 bridgehead atoms. The molecule has 0 aromatic heterocycles. The molecule has 0 spiro atoms. The van der Waals surface area contributed by atoms with Gasteiger partial charge in [-0.05, 0) is 43.4 Å². The summed E-state index contributed by atoms with van der Waals surface area (Å²) in [5, 5.41) is 9.93. The smallest absolute Gasteiger partial charge is 0.255 e. The zero-order valence-corrected chi connectivity index (χ0v) is 12.7. The van der Waals surface area contributed by atoms with Crippen LogP contribution in [0.15, 0.2) is 18.2 Å². The van der Waals surface area contributed by atoms with Gasteiger partial charge in [-0.1, -0.05) is 31.4 Å². The molecule has 0 radical (unpaired) electrons. The molecule has 1 fully saturated rings. The number of aromatic hydroxyl groups is 1. The van der Waals surface area contributed by atoms with Gasteiger partial charge >= 0.3 is 0 Å². The molecule has 1 heterocycles. The Labute approximate surface area is 125 Å². The number of phenolic OH excluding ortho intramolecular Hbond substituents is 1. The highest BCUT2D eigenvalue weighted by atomic mass is 35.5. The minimum Gasteiger partial charge on any atom is -0.508 e. The maximum Gasteiger partial charge on any atom is 0.255 e. The second-order valence-electron chi connectivity index (χ2n) is 5.54. The summed E-state index contributed by atoms with van der Waals surface area (Å²) in [7, 11) is 0. The number of likely N-dealkylation sites (tertiary alicyclic amines) is 1. The van der Waals surface area contributed by atoms with Crippen LogP contribution >= 0.6 is 11.6 Å². The van der Waals surface area contributed by atoms with Crippen molar-refractivity contribution >= 4 is 17.5 Å². The molecule has 4 heteroatoms. The molecule has 3 nitrogen and oxygen atoms in total. The van der Waals surface area contributed by atoms with Crippen LogP contribution in [0, 0.1) is 5.92 Å². The van der Waals surface area contributed by atoms with Crippen molar-refractivity contribution < 1.29 is 9.90 Å². The minimum atomic E-state index is -0.0666. The first-order valence-corrected chi connectivity index (χ1v) is 7.77. The second-order valence-corrected chi connectivity index (χ2v) is 5.95. The van der Waals surface area contributed by atoms with Crippen molar-refractivity contribution in [2.45, 2.75) is 39.0 Å². The van der Waals surface area contributed by atoms with Crippen LogP contribution < -0.4 is 0 Å². The van der Waals surface area contributed by atoms with Gasteiger partial charge in [-0.15, -0.1) is 0 Å². The monoisotopic (exact) mass is 295 g/mol. The van der Waals surface area contributed by atoms with Crippen LogP contribution in [0.2, 0.25) is 5.02 Å². The van der Waals surface area contributed by atoms with Crippen LogP contribution in [-0.2, 0) is 0 Å². The lowest BCUT2D eigenvalue weighted by atomic mass is 9.96. The summed E-state index contributed by atoms with van der Waals surface area (Å²) in [6, 6.07) is 4.53. The molecule has 0 aliphatic carbocycles. The molecule has 1 aromatic carbocycles. The number of halogens is 1. The third-order valence-electron chi connectivity index (χ3n) is 4.01. The molecule has 1 atom stereocenters. The first-order valence-electron chi connectivity index (χ1n) is 7.39. The van der Waals surface area contributed by atoms with E-state index in [-0.39, 0.29) is 11.7 Å². The number of rotatable bonds is 3. The number of benzene rings is 1. The average molecular weight is 296 g/mol. The number of hydrogen-bond acceptors (Lipinski definition) is 2. The Balaban J connectivity index is 2.07. The quantitative estimate of drug-likeness (QED) is 0.912. The molecular formula is C16H22ClNO2. The Morgan fingerprint density at radius 2 is 2.20 bits per heavy atom. The summed E-state index contributed by atoms with van der Waals surface area (Å²) >= 11 is 6.07. The number of nitrogens with zero attached hydrogens (tertiary/aromatic N) is 1. The molecule has 1 N–H and O–H groups in total. The normalized spacial score (nSPS) is 19.7. The SMILES string of the molecule is CCCC1CCCN(C(=O)c2cc(O)ccc2Cl)CC1. The lowest BCUT2D eigenvalue weighted by molar-refractivity contribution is 0.0759. The predicted molar refractivity (Wildman–Crippen MR) is 81.3 cm³/mol. The highest BCUT2D eigenvalue weighted by molar-refractivity contribution is 6.33. The lowest BCUT2D eigenvalue weighted by Crippen LogP contribution is -2.32. The van der Waals surface area contributed by atoms with Crippen molar-refractivity contribution in [2.24, 2.45) is 5.92 Å². The van der Waals surface area contributed by atoms with Gasteiger partial charge < -0.3 is 10.0 Å². The van der Waals surface area contributed by atoms with Gasteiger partial charge in [0.2, 0.25) is 0 Å². The van der Waals surface area contributed by atoms with Crippen LogP contribution in [-0.4, -0.2) is 29.0 Å². The van der Waals surface area contributed by atoms with Crippen LogP contribution in [0.1, 0.15) is 49.4 Å². The van der Waals surface area contributed by atoms with Crippen molar-refractivity contribution in [1.82, 2.24) is 4.90 Å². The van der Waals surface area contributed by atoms with Crippen LogP contribution in [0.25, 0.3) is 0 Å². The molecule has 1 aromatic rings. The number of carbonyl (C=O) groups is 1. The molecule has 1 aliphatic heterocycles. The zero-order valence-electron chi connectivity index (χ0n) is 11.9. The highest BCUT2D eigenvalue weighted by Gasteiger charge is 2.22. The fourth-order valence-electron chi connectivity index (χ4n) is 2.91. The molecule has 1 saturated heterocycles. The largest absolute Gasteiger partial charge is 0.508 e. The van der Waals surface area contributed by atoms with Crippen molar-refractivity contribution in [3.8, 4) is 5.75 Å². The fraction of sp³-hybridized carbons (Fsp3) is 0.562. The van der Waals surface area contributed by atoms with Gasteiger partial charge in [0.25, 0.3) is 5.91 Å². The standard InChI is InChI=1S/C16H22ClNO2/c1-2-4-12-5-3-9-18(10-8-12)16(20)14-11-13(19)6-7-15(14)17/h6-7,11-12,19H,2-5,8-10H2,1H3. The summed E-state index contributed by atoms with van der Waals surface area (Å²) in [6.07, 6.45) is 5.76. The molecular weight excluding hydrogens is 274 g/mol. The molecule has 1 aliphatic rings. The fourth-order valence-corrected chi connectivity index (χ4v) is 3.11. The van der Waals surface area contributed by atoms with Crippen LogP contribution in [0.3, 0.4) is 0 Å². The van der Waals surface area contributed by atoms with E-state index in [0.717, 1.165) is 31.8 Å². The Kier molecular flexibility index (Phi) is 5.30. The van der Waals surface area contributed by atoms with Crippen LogP contribution in [0.5, 0.6) is 5.75 Å². The topological polar surface area (TPSA) is 40.5 Å². The van der Waals surface area contributed by atoms with Gasteiger partial charge in [-0.25, -0.2) is 0 Å². The first-order chi connectivity index (χ1) is 9.61. The molecule has 2 rings (SSSR count). The Bertz CT molecular complexity index is 476. The van der Waals surface area contributed by atoms with E-state index < -0.39 is 0 Å². The summed E-state index contributed by atoms with van der Waals surface area (Å²) < 4.78 is 0. The summed E-state index contributed by atoms with van der Waals surface area (Å²) in [5.41, 5.74) is 0.403. The zero-order chi connectivity index (χ0) is 14.5. The number of hydrogen-bond donors (Lipinski definition) is 1. The maximum absolute atomic E-state index is 12.5. The van der Waals surface area contributed by atoms with E-state index >= 15 is 0 Å². The Morgan fingerprint density at radius 3 is 2.95 bits per heavy atom. The second kappa shape index (κ2) is 6.98. The van der Waals surface area contributed by atoms with Gasteiger partial charge in [-0.3, -0.25) is 4.79 Å². The van der Waals surface area contributed by atoms with Crippen molar-refractivity contribution in [3.05, 3.63) is 28.8 Å². The van der Waals surface area contributed by atoms with E-state index in [4.69, 9.17) is 11.6 Å². The van der Waals surface area contributed by atoms with E-state index in [9.17, 15) is 9.90 Å². The third kappa shape index (κ3) is 3.66. The average Bonchev–Trinajstić information content (AvgIpc) is 2.67. The first kappa shape index (κ1) is 15.2. The highest BCUT2D eigenvalue weighted by Crippen LogP contribution is 2.26. The number of carbonyl (C=O) groups excluding carboxylic acids is 1. The Morgan fingerprint density at radius 1 is 1.40 bits per heavy atom. The number of amides is 1. The summed E-state index contributed by atoms with van der Waals surface area (Å²) in [6.45, 7) is 3.78. The molecule has 20 heavy (non-hydrogen) atoms. The minimum absolute atomic E-state index is 0.0666. The Hall–Kier alpha value is -1.22. The van der Waals surface area contributed by atoms with Crippen molar-refractivity contribution in [2.75, 3.05) is 13.1 Å². The van der Waals surface area contributed by atoms with E-state index in [1.807, 2.05) is 4.90 Å². The van der Waals surface area contributed by atoms with Gasteiger partial charge in [-0.2, -0.15) is 0 Å². The number of phenols is 1. The van der Waals surface area contributed by atoms with Crippen molar-refractivity contribution in [1.29, 1.82) is 0 Å². The maximum atomic E-state index is 12.5. The molecule has 110 valence electrons. The lowest BCUT2D eigenvalue weighted by Gasteiger charge is -2.21. The van der Waals surface area contributed by atoms with E-state index in [1.165, 1.54) is 31.4 Å². The summed E-state index contributed by atoms with van der Waals surface area (Å²) in [5.74, 6) is 0.747. The van der Waals surface area contributed by atoms with Crippen LogP contribution in [0.4, 0.5) is 0 Å². The molecule has 1 amide bonds. The van der Waals surface area contributed by atoms with Gasteiger partial charge in [0.05, 0.1) is 10.6 Å².